The lowest BCUT2D eigenvalue weighted by molar-refractivity contribution is 0.900. The molecule has 0 saturated heterocycles. The number of nitrogens with zero attached hydrogens (tertiary/aromatic N) is 1. The van der Waals surface area contributed by atoms with Crippen LogP contribution >= 0.6 is 22.9 Å². The zero-order valence-corrected chi connectivity index (χ0v) is 17.8. The Bertz CT molecular complexity index is 1260. The highest BCUT2D eigenvalue weighted by Crippen LogP contribution is 2.39. The maximum Gasteiger partial charge on any atom is 0.207 e. The smallest absolute Gasteiger partial charge is 0.207 e. The van der Waals surface area contributed by atoms with Gasteiger partial charge in [0.25, 0.3) is 0 Å². The Hall–Kier alpha value is -2.37. The predicted molar refractivity (Wildman–Crippen MR) is 123 cm³/mol. The summed E-state index contributed by atoms with van der Waals surface area (Å²) in [6.07, 6.45) is 0. The van der Waals surface area contributed by atoms with Gasteiger partial charge in [0.1, 0.15) is 0 Å². The number of benzene rings is 3. The van der Waals surface area contributed by atoms with Crippen molar-refractivity contribution < 1.29 is 0 Å². The van der Waals surface area contributed by atoms with Crippen LogP contribution in [0.3, 0.4) is 0 Å². The van der Waals surface area contributed by atoms with Crippen LogP contribution < -0.4 is 16.1 Å². The number of hydrogen-bond donors (Lipinski definition) is 2. The highest BCUT2D eigenvalue weighted by molar-refractivity contribution is 7.24. The molecule has 28 heavy (non-hydrogen) atoms. The molecule has 0 unspecified atom stereocenters. The van der Waals surface area contributed by atoms with Crippen molar-refractivity contribution in [3.8, 4) is 0 Å². The van der Waals surface area contributed by atoms with Gasteiger partial charge in [-0.3, -0.25) is 4.79 Å². The van der Waals surface area contributed by atoms with Crippen molar-refractivity contribution in [3.63, 3.8) is 0 Å². The summed E-state index contributed by atoms with van der Waals surface area (Å²) in [5.74, 6) is 0. The van der Waals surface area contributed by atoms with Gasteiger partial charge in [-0.05, 0) is 52.0 Å². The minimum absolute atomic E-state index is 0.170. The molecule has 0 aliphatic carbocycles. The minimum Gasteiger partial charge on any atom is -0.382 e. The van der Waals surface area contributed by atoms with E-state index in [1.165, 1.54) is 0 Å². The van der Waals surface area contributed by atoms with Gasteiger partial charge in [0.05, 0.1) is 30.8 Å². The first kappa shape index (κ1) is 19.0. The van der Waals surface area contributed by atoms with Crippen LogP contribution in [-0.4, -0.2) is 17.1 Å². The molecule has 0 bridgehead atoms. The molecule has 1 aromatic heterocycles. The van der Waals surface area contributed by atoms with Gasteiger partial charge in [-0.1, -0.05) is 23.7 Å². The molecule has 6 heteroatoms. The molecular formula is C22H22ClN3OS. The molecule has 0 radical (unpaired) electrons. The average molecular weight is 412 g/mol. The Balaban J connectivity index is 2.23. The number of fused-ring (bicyclic) bond motifs is 4. The van der Waals surface area contributed by atoms with E-state index in [-0.39, 0.29) is 22.5 Å². The normalized spacial score (nSPS) is 11.8. The van der Waals surface area contributed by atoms with Gasteiger partial charge in [0.15, 0.2) is 0 Å². The monoisotopic (exact) mass is 411 g/mol. The molecule has 4 aromatic rings. The van der Waals surface area contributed by atoms with Gasteiger partial charge < -0.3 is 10.6 Å². The molecule has 0 fully saturated rings. The van der Waals surface area contributed by atoms with Gasteiger partial charge in [0, 0.05) is 28.8 Å². The van der Waals surface area contributed by atoms with Crippen LogP contribution in [0.5, 0.6) is 0 Å². The van der Waals surface area contributed by atoms with Crippen molar-refractivity contribution >= 4 is 65.5 Å². The quantitative estimate of drug-likeness (QED) is 0.307. The SMILES string of the molecule is CC(C)Nc1cc2sc3ccccc3nc2c2c(NC(C)C)cc(Cl)c(=O)c12. The number of rotatable bonds is 4. The summed E-state index contributed by atoms with van der Waals surface area (Å²) in [6, 6.07) is 12.2. The third kappa shape index (κ3) is 3.29. The predicted octanol–water partition coefficient (Wildman–Crippen LogP) is 6.26. The van der Waals surface area contributed by atoms with Crippen molar-refractivity contribution in [1.29, 1.82) is 0 Å². The second-order valence-electron chi connectivity index (χ2n) is 7.54. The zero-order valence-electron chi connectivity index (χ0n) is 16.3. The molecule has 0 aliphatic rings. The lowest BCUT2D eigenvalue weighted by Gasteiger charge is -2.19. The number of anilines is 2. The lowest BCUT2D eigenvalue weighted by Crippen LogP contribution is -2.16. The molecule has 0 atom stereocenters. The van der Waals surface area contributed by atoms with Crippen LogP contribution in [0.2, 0.25) is 5.02 Å². The lowest BCUT2D eigenvalue weighted by atomic mass is 10.0. The van der Waals surface area contributed by atoms with Gasteiger partial charge >= 0.3 is 0 Å². The highest BCUT2D eigenvalue weighted by atomic mass is 35.5. The van der Waals surface area contributed by atoms with Crippen LogP contribution in [0.15, 0.2) is 41.2 Å². The second-order valence-corrected chi connectivity index (χ2v) is 9.03. The summed E-state index contributed by atoms with van der Waals surface area (Å²) in [5, 5.41) is 8.51. The van der Waals surface area contributed by atoms with E-state index < -0.39 is 0 Å². The summed E-state index contributed by atoms with van der Waals surface area (Å²) in [6.45, 7) is 8.24. The summed E-state index contributed by atoms with van der Waals surface area (Å²) in [5.41, 5.74) is 3.21. The van der Waals surface area contributed by atoms with Crippen molar-refractivity contribution in [3.05, 3.63) is 51.6 Å². The second kappa shape index (κ2) is 7.22. The Labute approximate surface area is 172 Å². The first-order valence-electron chi connectivity index (χ1n) is 9.37. The van der Waals surface area contributed by atoms with Crippen LogP contribution in [0, 0.1) is 0 Å². The summed E-state index contributed by atoms with van der Waals surface area (Å²) < 4.78 is 2.14. The minimum atomic E-state index is -0.170. The van der Waals surface area contributed by atoms with Crippen molar-refractivity contribution in [2.75, 3.05) is 10.6 Å². The first-order valence-corrected chi connectivity index (χ1v) is 10.6. The first-order chi connectivity index (χ1) is 13.3. The maximum absolute atomic E-state index is 13.1. The van der Waals surface area contributed by atoms with Crippen LogP contribution in [0.25, 0.3) is 31.2 Å². The molecular weight excluding hydrogens is 390 g/mol. The van der Waals surface area contributed by atoms with E-state index in [0.717, 1.165) is 37.2 Å². The van der Waals surface area contributed by atoms with E-state index in [1.54, 1.807) is 17.4 Å². The fourth-order valence-electron chi connectivity index (χ4n) is 3.44. The summed E-state index contributed by atoms with van der Waals surface area (Å²) in [7, 11) is 0. The van der Waals surface area contributed by atoms with Gasteiger partial charge in [-0.2, -0.15) is 0 Å². The zero-order chi connectivity index (χ0) is 20.0. The molecule has 0 spiro atoms. The fourth-order valence-corrected chi connectivity index (χ4v) is 4.67. The van der Waals surface area contributed by atoms with Gasteiger partial charge in [-0.25, -0.2) is 4.98 Å². The van der Waals surface area contributed by atoms with E-state index in [0.29, 0.717) is 5.39 Å². The number of para-hydroxylation sites is 1. The Morgan fingerprint density at radius 2 is 1.57 bits per heavy atom. The Morgan fingerprint density at radius 1 is 0.929 bits per heavy atom. The van der Waals surface area contributed by atoms with Crippen LogP contribution in [0.4, 0.5) is 11.4 Å². The molecule has 4 nitrogen and oxygen atoms in total. The molecule has 0 amide bonds. The maximum atomic E-state index is 13.1. The van der Waals surface area contributed by atoms with E-state index in [2.05, 4.69) is 44.4 Å². The number of nitrogens with one attached hydrogen (secondary N) is 2. The molecule has 1 heterocycles. The standard InChI is InChI=1S/C22H22ClN3OS/c1-11(2)24-15-9-13(23)22(27)20-16(25-12(3)4)10-18-21(19(15)20)26-14-7-5-6-8-17(14)28-18/h5-12,24-25H,1-4H3. The molecule has 0 aliphatic heterocycles. The van der Waals surface area contributed by atoms with Crippen molar-refractivity contribution in [2.45, 2.75) is 39.8 Å². The summed E-state index contributed by atoms with van der Waals surface area (Å²) >= 11 is 8.01. The largest absolute Gasteiger partial charge is 0.382 e. The molecule has 3 aromatic carbocycles. The summed E-state index contributed by atoms with van der Waals surface area (Å²) in [4.78, 5) is 18.0. The highest BCUT2D eigenvalue weighted by Gasteiger charge is 2.19. The van der Waals surface area contributed by atoms with E-state index >= 15 is 0 Å². The molecule has 2 N–H and O–H groups in total. The van der Waals surface area contributed by atoms with Crippen molar-refractivity contribution in [1.82, 2.24) is 4.98 Å². The van der Waals surface area contributed by atoms with Gasteiger partial charge in [-0.15, -0.1) is 11.3 Å². The average Bonchev–Trinajstić information content (AvgIpc) is 2.62. The third-order valence-electron chi connectivity index (χ3n) is 4.46. The molecule has 144 valence electrons. The van der Waals surface area contributed by atoms with Crippen LogP contribution in [0.1, 0.15) is 27.7 Å². The van der Waals surface area contributed by atoms with Crippen molar-refractivity contribution in [2.24, 2.45) is 0 Å². The number of halogens is 1. The molecule has 0 saturated carbocycles. The number of hydrogen-bond acceptors (Lipinski definition) is 5. The fraction of sp³-hybridized carbons (Fsp3) is 0.273. The molecule has 4 rings (SSSR count). The Kier molecular flexibility index (Phi) is 4.89. The number of aromatic nitrogens is 1. The third-order valence-corrected chi connectivity index (χ3v) is 5.83. The topological polar surface area (TPSA) is 54.0 Å². The van der Waals surface area contributed by atoms with E-state index in [9.17, 15) is 4.79 Å². The van der Waals surface area contributed by atoms with Crippen LogP contribution in [-0.2, 0) is 0 Å². The van der Waals surface area contributed by atoms with Gasteiger partial charge in [0.2, 0.25) is 5.43 Å². The Morgan fingerprint density at radius 3 is 2.25 bits per heavy atom. The van der Waals surface area contributed by atoms with E-state index in [1.807, 2.05) is 24.3 Å². The van der Waals surface area contributed by atoms with E-state index in [4.69, 9.17) is 16.6 Å².